The van der Waals surface area contributed by atoms with Crippen LogP contribution in [-0.2, 0) is 11.2 Å². The smallest absolute Gasteiger partial charge is 0.341 e. The van der Waals surface area contributed by atoms with E-state index in [4.69, 9.17) is 9.15 Å². The van der Waals surface area contributed by atoms with Crippen LogP contribution in [0.15, 0.2) is 34.7 Å². The molecule has 0 atom stereocenters. The second-order valence-electron chi connectivity index (χ2n) is 5.06. The molecule has 0 fully saturated rings. The second-order valence-corrected chi connectivity index (χ2v) is 5.06. The zero-order valence-corrected chi connectivity index (χ0v) is 13.6. The van der Waals surface area contributed by atoms with Gasteiger partial charge in [0.1, 0.15) is 11.3 Å². The fraction of sp³-hybridized carbons (Fsp3) is 0.188. The summed E-state index contributed by atoms with van der Waals surface area (Å²) < 4.78 is 10.2. The lowest BCUT2D eigenvalue weighted by Crippen LogP contribution is -2.11. The van der Waals surface area contributed by atoms with E-state index < -0.39 is 11.9 Å². The second kappa shape index (κ2) is 6.95. The number of furan rings is 1. The fourth-order valence-corrected chi connectivity index (χ4v) is 2.30. The molecule has 0 saturated carbocycles. The van der Waals surface area contributed by atoms with Crippen molar-refractivity contribution in [3.05, 3.63) is 47.4 Å². The van der Waals surface area contributed by atoms with Crippen molar-refractivity contribution in [1.82, 2.24) is 20.6 Å². The van der Waals surface area contributed by atoms with Gasteiger partial charge >= 0.3 is 5.97 Å². The summed E-state index contributed by atoms with van der Waals surface area (Å²) in [5.74, 6) is -0.177. The number of hydrogen-bond acceptors (Lipinski definition) is 7. The summed E-state index contributed by atoms with van der Waals surface area (Å²) in [6.07, 6.45) is 0.463. The molecule has 3 rings (SSSR count). The van der Waals surface area contributed by atoms with Gasteiger partial charge in [-0.1, -0.05) is 19.1 Å². The number of rotatable bonds is 5. The van der Waals surface area contributed by atoms with Crippen LogP contribution >= 0.6 is 0 Å². The van der Waals surface area contributed by atoms with Crippen LogP contribution in [0.3, 0.4) is 0 Å². The van der Waals surface area contributed by atoms with Gasteiger partial charge in [-0.3, -0.25) is 4.79 Å². The van der Waals surface area contributed by atoms with Crippen molar-refractivity contribution in [1.29, 1.82) is 0 Å². The standard InChI is InChI=1S/C16H15N5O4/c1-3-12-11(16(23)24-2)8-13(25-12)15(22)17-10-6-4-5-9(7-10)14-18-20-21-19-14/h4-8H,3H2,1-2H3,(H,17,22)(H,18,19,20,21). The van der Waals surface area contributed by atoms with Crippen LogP contribution in [0.2, 0.25) is 0 Å². The molecular formula is C16H15N5O4. The third-order valence-electron chi connectivity index (χ3n) is 3.48. The first kappa shape index (κ1) is 16.4. The molecule has 9 heteroatoms. The molecule has 1 aromatic carbocycles. The molecule has 2 aromatic heterocycles. The molecule has 0 saturated heterocycles. The first-order valence-electron chi connectivity index (χ1n) is 7.48. The quantitative estimate of drug-likeness (QED) is 0.681. The number of nitrogens with zero attached hydrogens (tertiary/aromatic N) is 3. The number of nitrogens with one attached hydrogen (secondary N) is 2. The average molecular weight is 341 g/mol. The fourth-order valence-electron chi connectivity index (χ4n) is 2.30. The molecular weight excluding hydrogens is 326 g/mol. The van der Waals surface area contributed by atoms with Crippen LogP contribution in [0.25, 0.3) is 11.4 Å². The predicted molar refractivity (Wildman–Crippen MR) is 87.0 cm³/mol. The Hall–Kier alpha value is -3.49. The van der Waals surface area contributed by atoms with Crippen LogP contribution in [0.5, 0.6) is 0 Å². The predicted octanol–water partition coefficient (Wildman–Crippen LogP) is 2.06. The van der Waals surface area contributed by atoms with Gasteiger partial charge in [-0.05, 0) is 17.3 Å². The van der Waals surface area contributed by atoms with Gasteiger partial charge in [0.05, 0.1) is 7.11 Å². The Labute approximate surface area is 142 Å². The molecule has 2 heterocycles. The van der Waals surface area contributed by atoms with Crippen molar-refractivity contribution in [2.75, 3.05) is 12.4 Å². The maximum atomic E-state index is 12.4. The van der Waals surface area contributed by atoms with Crippen LogP contribution in [0.1, 0.15) is 33.6 Å². The summed E-state index contributed by atoms with van der Waals surface area (Å²) in [6.45, 7) is 1.82. The van der Waals surface area contributed by atoms with Crippen LogP contribution in [0, 0.1) is 0 Å². The Morgan fingerprint density at radius 1 is 1.32 bits per heavy atom. The van der Waals surface area contributed by atoms with E-state index in [0.717, 1.165) is 0 Å². The number of methoxy groups -OCH3 is 1. The maximum absolute atomic E-state index is 12.4. The number of carbonyl (C=O) groups excluding carboxylic acids is 2. The minimum atomic E-state index is -0.543. The molecule has 0 aliphatic rings. The number of aromatic amines is 1. The number of aromatic nitrogens is 4. The van der Waals surface area contributed by atoms with Crippen molar-refractivity contribution in [2.45, 2.75) is 13.3 Å². The Morgan fingerprint density at radius 3 is 2.84 bits per heavy atom. The van der Waals surface area contributed by atoms with Crippen LogP contribution < -0.4 is 5.32 Å². The SMILES string of the molecule is CCc1oc(C(=O)Nc2cccc(-c3nn[nH]n3)c2)cc1C(=O)OC. The average Bonchev–Trinajstić information content (AvgIpc) is 3.30. The van der Waals surface area contributed by atoms with Crippen molar-refractivity contribution in [3.63, 3.8) is 0 Å². The van der Waals surface area contributed by atoms with Gasteiger partial charge in [0.25, 0.3) is 5.91 Å². The van der Waals surface area contributed by atoms with E-state index in [1.165, 1.54) is 13.2 Å². The van der Waals surface area contributed by atoms with Gasteiger partial charge in [-0.25, -0.2) is 4.79 Å². The molecule has 25 heavy (non-hydrogen) atoms. The lowest BCUT2D eigenvalue weighted by Gasteiger charge is -2.04. The molecule has 128 valence electrons. The van der Waals surface area contributed by atoms with E-state index in [1.807, 2.05) is 6.92 Å². The Balaban J connectivity index is 1.82. The van der Waals surface area contributed by atoms with E-state index in [-0.39, 0.29) is 11.3 Å². The third kappa shape index (κ3) is 3.39. The molecule has 0 aliphatic carbocycles. The summed E-state index contributed by atoms with van der Waals surface area (Å²) in [6, 6.07) is 8.34. The number of H-pyrrole nitrogens is 1. The summed E-state index contributed by atoms with van der Waals surface area (Å²) in [4.78, 5) is 24.1. The Bertz CT molecular complexity index is 901. The number of aryl methyl sites for hydroxylation is 1. The number of benzene rings is 1. The van der Waals surface area contributed by atoms with Crippen molar-refractivity contribution < 1.29 is 18.7 Å². The van der Waals surface area contributed by atoms with E-state index in [9.17, 15) is 9.59 Å². The minimum absolute atomic E-state index is 0.0298. The van der Waals surface area contributed by atoms with Gasteiger partial charge in [-0.15, -0.1) is 10.2 Å². The maximum Gasteiger partial charge on any atom is 0.341 e. The van der Waals surface area contributed by atoms with Crippen molar-refractivity contribution in [2.24, 2.45) is 0 Å². The van der Waals surface area contributed by atoms with Crippen molar-refractivity contribution >= 4 is 17.6 Å². The highest BCUT2D eigenvalue weighted by atomic mass is 16.5. The number of tetrazole rings is 1. The largest absolute Gasteiger partial charge is 0.465 e. The lowest BCUT2D eigenvalue weighted by molar-refractivity contribution is 0.0598. The number of amides is 1. The molecule has 0 radical (unpaired) electrons. The van der Waals surface area contributed by atoms with Gasteiger partial charge in [0, 0.05) is 23.7 Å². The summed E-state index contributed by atoms with van der Waals surface area (Å²) in [7, 11) is 1.28. The number of ether oxygens (including phenoxy) is 1. The van der Waals surface area contributed by atoms with E-state index in [2.05, 4.69) is 25.9 Å². The number of esters is 1. The molecule has 9 nitrogen and oxygen atoms in total. The van der Waals surface area contributed by atoms with Gasteiger partial charge < -0.3 is 14.5 Å². The normalized spacial score (nSPS) is 10.5. The zero-order valence-electron chi connectivity index (χ0n) is 13.6. The minimum Gasteiger partial charge on any atom is -0.465 e. The molecule has 3 aromatic rings. The van der Waals surface area contributed by atoms with E-state index >= 15 is 0 Å². The first-order chi connectivity index (χ1) is 12.1. The van der Waals surface area contributed by atoms with Gasteiger partial charge in [0.15, 0.2) is 5.76 Å². The number of anilines is 1. The van der Waals surface area contributed by atoms with E-state index in [1.54, 1.807) is 24.3 Å². The topological polar surface area (TPSA) is 123 Å². The number of hydrogen-bond donors (Lipinski definition) is 2. The molecule has 0 bridgehead atoms. The molecule has 0 unspecified atom stereocenters. The van der Waals surface area contributed by atoms with Gasteiger partial charge in [-0.2, -0.15) is 5.21 Å². The lowest BCUT2D eigenvalue weighted by atomic mass is 10.2. The third-order valence-corrected chi connectivity index (χ3v) is 3.48. The molecule has 0 spiro atoms. The number of carbonyl (C=O) groups is 2. The highest BCUT2D eigenvalue weighted by Gasteiger charge is 2.21. The highest BCUT2D eigenvalue weighted by molar-refractivity contribution is 6.04. The van der Waals surface area contributed by atoms with E-state index in [0.29, 0.717) is 29.3 Å². The molecule has 2 N–H and O–H groups in total. The molecule has 1 amide bonds. The highest BCUT2D eigenvalue weighted by Crippen LogP contribution is 2.21. The van der Waals surface area contributed by atoms with Crippen LogP contribution in [-0.4, -0.2) is 39.6 Å². The Kier molecular flexibility index (Phi) is 4.55. The first-order valence-corrected chi connectivity index (χ1v) is 7.48. The monoisotopic (exact) mass is 341 g/mol. The van der Waals surface area contributed by atoms with Gasteiger partial charge in [0.2, 0.25) is 5.82 Å². The van der Waals surface area contributed by atoms with Crippen molar-refractivity contribution in [3.8, 4) is 11.4 Å². The Morgan fingerprint density at radius 2 is 2.16 bits per heavy atom. The zero-order chi connectivity index (χ0) is 17.8. The molecule has 0 aliphatic heterocycles. The summed E-state index contributed by atoms with van der Waals surface area (Å²) in [5.41, 5.74) is 1.47. The van der Waals surface area contributed by atoms with Crippen LogP contribution in [0.4, 0.5) is 5.69 Å². The summed E-state index contributed by atoms with van der Waals surface area (Å²) >= 11 is 0. The summed E-state index contributed by atoms with van der Waals surface area (Å²) in [5, 5.41) is 16.4.